The molecule has 32 heavy (non-hydrogen) atoms. The molecule has 1 aliphatic carbocycles. The van der Waals surface area contributed by atoms with Crippen molar-refractivity contribution in [2.75, 3.05) is 11.1 Å². The molecule has 0 heterocycles. The summed E-state index contributed by atoms with van der Waals surface area (Å²) in [4.78, 5) is 12.7. The number of nitrogens with one attached hydrogen (secondary N) is 1. The van der Waals surface area contributed by atoms with Crippen LogP contribution in [0.15, 0.2) is 53.4 Å². The molecule has 1 fully saturated rings. The normalized spacial score (nSPS) is 16.0. The lowest BCUT2D eigenvalue weighted by molar-refractivity contribution is -0.115. The van der Waals surface area contributed by atoms with E-state index in [-0.39, 0.29) is 18.1 Å². The van der Waals surface area contributed by atoms with Crippen molar-refractivity contribution in [1.29, 1.82) is 0 Å². The van der Waals surface area contributed by atoms with E-state index in [0.717, 1.165) is 36.8 Å². The van der Waals surface area contributed by atoms with Crippen LogP contribution in [0, 0.1) is 11.8 Å². The number of hydrogen-bond donors (Lipinski definition) is 2. The van der Waals surface area contributed by atoms with Crippen LogP contribution in [-0.2, 0) is 26.7 Å². The largest absolute Gasteiger partial charge is 0.385 e. The summed E-state index contributed by atoms with van der Waals surface area (Å²) < 4.78 is 24.7. The van der Waals surface area contributed by atoms with E-state index >= 15 is 0 Å². The quantitative estimate of drug-likeness (QED) is 0.493. The molecule has 2 aromatic rings. The Bertz CT molecular complexity index is 1000. The van der Waals surface area contributed by atoms with Crippen molar-refractivity contribution in [3.05, 3.63) is 59.7 Å². The molecule has 1 amide bonds. The van der Waals surface area contributed by atoms with E-state index in [4.69, 9.17) is 0 Å². The molecule has 0 bridgehead atoms. The van der Waals surface area contributed by atoms with Gasteiger partial charge in [0.2, 0.25) is 5.91 Å². The highest BCUT2D eigenvalue weighted by Gasteiger charge is 2.29. The van der Waals surface area contributed by atoms with Gasteiger partial charge in [0.1, 0.15) is 0 Å². The number of sulfone groups is 1. The smallest absolute Gasteiger partial charge is 0.228 e. The lowest BCUT2D eigenvalue weighted by Gasteiger charge is -2.24. The molecule has 1 aliphatic rings. The van der Waals surface area contributed by atoms with E-state index in [0.29, 0.717) is 28.8 Å². The van der Waals surface area contributed by atoms with Gasteiger partial charge in [-0.1, -0.05) is 44.5 Å². The van der Waals surface area contributed by atoms with Crippen molar-refractivity contribution in [2.45, 2.75) is 69.8 Å². The number of anilines is 1. The third-order valence-electron chi connectivity index (χ3n) is 6.03. The standard InChI is InChI=1S/C26H35NO4S/c1-19(2)5-4-16-26(3,29)22-10-12-23(13-11-22)27-25(28)17-20-8-14-24(15-9-20)32(30,31)18-21-6-7-21/h8-15,19,21,29H,4-7,16-18H2,1-3H3,(H,27,28). The molecule has 0 radical (unpaired) electrons. The van der Waals surface area contributed by atoms with Crippen molar-refractivity contribution in [1.82, 2.24) is 0 Å². The summed E-state index contributed by atoms with van der Waals surface area (Å²) in [5.41, 5.74) is 1.37. The third-order valence-corrected chi connectivity index (χ3v) is 7.94. The first kappa shape index (κ1) is 24.5. The van der Waals surface area contributed by atoms with Gasteiger partial charge in [-0.2, -0.15) is 0 Å². The van der Waals surface area contributed by atoms with Gasteiger partial charge in [-0.3, -0.25) is 4.79 Å². The monoisotopic (exact) mass is 457 g/mol. The van der Waals surface area contributed by atoms with Gasteiger partial charge in [-0.25, -0.2) is 8.42 Å². The highest BCUT2D eigenvalue weighted by atomic mass is 32.2. The molecule has 0 saturated heterocycles. The Labute approximate surface area is 192 Å². The van der Waals surface area contributed by atoms with E-state index in [1.54, 1.807) is 36.4 Å². The van der Waals surface area contributed by atoms with Crippen molar-refractivity contribution in [3.8, 4) is 0 Å². The maximum Gasteiger partial charge on any atom is 0.228 e. The van der Waals surface area contributed by atoms with Crippen molar-refractivity contribution in [2.24, 2.45) is 11.8 Å². The maximum atomic E-state index is 12.4. The van der Waals surface area contributed by atoms with Crippen LogP contribution in [0.1, 0.15) is 64.0 Å². The molecule has 1 atom stereocenters. The maximum absolute atomic E-state index is 12.4. The average Bonchev–Trinajstić information content (AvgIpc) is 3.51. The summed E-state index contributed by atoms with van der Waals surface area (Å²) in [6.45, 7) is 6.19. The second kappa shape index (κ2) is 10.2. The molecule has 2 N–H and O–H groups in total. The van der Waals surface area contributed by atoms with Gasteiger partial charge in [0.25, 0.3) is 0 Å². The molecule has 0 aromatic heterocycles. The molecule has 0 spiro atoms. The van der Waals surface area contributed by atoms with Gasteiger partial charge in [-0.15, -0.1) is 0 Å². The summed E-state index contributed by atoms with van der Waals surface area (Å²) in [6, 6.07) is 13.9. The summed E-state index contributed by atoms with van der Waals surface area (Å²) in [5, 5.41) is 13.6. The minimum atomic E-state index is -3.24. The molecule has 2 aromatic carbocycles. The first-order valence-electron chi connectivity index (χ1n) is 11.5. The highest BCUT2D eigenvalue weighted by molar-refractivity contribution is 7.91. The van der Waals surface area contributed by atoms with Crippen LogP contribution in [-0.4, -0.2) is 25.2 Å². The molecule has 6 heteroatoms. The van der Waals surface area contributed by atoms with E-state index in [9.17, 15) is 18.3 Å². The van der Waals surface area contributed by atoms with Crippen LogP contribution in [0.5, 0.6) is 0 Å². The van der Waals surface area contributed by atoms with Crippen molar-refractivity contribution < 1.29 is 18.3 Å². The van der Waals surface area contributed by atoms with Crippen LogP contribution in [0.25, 0.3) is 0 Å². The van der Waals surface area contributed by atoms with E-state index < -0.39 is 15.4 Å². The Kier molecular flexibility index (Phi) is 7.78. The summed E-state index contributed by atoms with van der Waals surface area (Å²) in [7, 11) is -3.24. The van der Waals surface area contributed by atoms with Crippen LogP contribution >= 0.6 is 0 Å². The molecular formula is C26H35NO4S. The Morgan fingerprint density at radius 2 is 1.72 bits per heavy atom. The lowest BCUT2D eigenvalue weighted by Crippen LogP contribution is -2.21. The van der Waals surface area contributed by atoms with E-state index in [1.165, 1.54) is 0 Å². The van der Waals surface area contributed by atoms with Crippen molar-refractivity contribution >= 4 is 21.4 Å². The fourth-order valence-corrected chi connectivity index (χ4v) is 5.50. The summed E-state index contributed by atoms with van der Waals surface area (Å²) in [5.74, 6) is 0.968. The fourth-order valence-electron chi connectivity index (χ4n) is 3.81. The zero-order valence-electron chi connectivity index (χ0n) is 19.3. The molecule has 174 valence electrons. The van der Waals surface area contributed by atoms with Gasteiger partial charge in [0.05, 0.1) is 22.7 Å². The zero-order valence-corrected chi connectivity index (χ0v) is 20.1. The van der Waals surface area contributed by atoms with Crippen LogP contribution in [0.4, 0.5) is 5.69 Å². The minimum Gasteiger partial charge on any atom is -0.385 e. The van der Waals surface area contributed by atoms with Gasteiger partial charge >= 0.3 is 0 Å². The third kappa shape index (κ3) is 7.17. The van der Waals surface area contributed by atoms with Crippen LogP contribution in [0.2, 0.25) is 0 Å². The van der Waals surface area contributed by atoms with Gasteiger partial charge in [0, 0.05) is 5.69 Å². The number of benzene rings is 2. The topological polar surface area (TPSA) is 83.5 Å². The molecule has 5 nitrogen and oxygen atoms in total. The first-order valence-corrected chi connectivity index (χ1v) is 13.1. The molecular weight excluding hydrogens is 422 g/mol. The second-order valence-corrected chi connectivity index (χ2v) is 11.8. The predicted molar refractivity (Wildman–Crippen MR) is 128 cm³/mol. The number of carbonyl (C=O) groups excluding carboxylic acids is 1. The fraction of sp³-hybridized carbons (Fsp3) is 0.500. The highest BCUT2D eigenvalue weighted by Crippen LogP contribution is 2.32. The zero-order chi connectivity index (χ0) is 23.4. The van der Waals surface area contributed by atoms with E-state index in [1.807, 2.05) is 19.1 Å². The first-order chi connectivity index (χ1) is 15.0. The Hall–Kier alpha value is -2.18. The van der Waals surface area contributed by atoms with Gasteiger partial charge in [0.15, 0.2) is 9.84 Å². The van der Waals surface area contributed by atoms with Crippen molar-refractivity contribution in [3.63, 3.8) is 0 Å². The molecule has 3 rings (SSSR count). The number of amides is 1. The van der Waals surface area contributed by atoms with Crippen LogP contribution < -0.4 is 5.32 Å². The van der Waals surface area contributed by atoms with Crippen LogP contribution in [0.3, 0.4) is 0 Å². The molecule has 1 saturated carbocycles. The summed E-state index contributed by atoms with van der Waals surface area (Å²) >= 11 is 0. The van der Waals surface area contributed by atoms with E-state index in [2.05, 4.69) is 19.2 Å². The summed E-state index contributed by atoms with van der Waals surface area (Å²) in [6.07, 6.45) is 4.89. The number of hydrogen-bond acceptors (Lipinski definition) is 4. The number of rotatable bonds is 11. The van der Waals surface area contributed by atoms with Gasteiger partial charge in [-0.05, 0) is 79.8 Å². The Morgan fingerprint density at radius 1 is 1.09 bits per heavy atom. The number of aliphatic hydroxyl groups is 1. The minimum absolute atomic E-state index is 0.164. The Morgan fingerprint density at radius 3 is 2.28 bits per heavy atom. The molecule has 0 aliphatic heterocycles. The average molecular weight is 458 g/mol. The van der Waals surface area contributed by atoms with Gasteiger partial charge < -0.3 is 10.4 Å². The SMILES string of the molecule is CC(C)CCCC(C)(O)c1ccc(NC(=O)Cc2ccc(S(=O)(=O)CC3CC3)cc2)cc1. The number of carbonyl (C=O) groups is 1. The second-order valence-electron chi connectivity index (χ2n) is 9.73. The lowest BCUT2D eigenvalue weighted by atomic mass is 9.89. The Balaban J connectivity index is 1.53. The molecule has 1 unspecified atom stereocenters. The predicted octanol–water partition coefficient (Wildman–Crippen LogP) is 5.09.